The number of likely N-dealkylation sites (tertiary alicyclic amines) is 1. The third-order valence-electron chi connectivity index (χ3n) is 4.86. The molecular formula is C20H20N4O3S2. The van der Waals surface area contributed by atoms with Crippen molar-refractivity contribution in [1.82, 2.24) is 14.9 Å². The van der Waals surface area contributed by atoms with E-state index in [0.29, 0.717) is 29.6 Å². The molecule has 2 N–H and O–H groups in total. The average Bonchev–Trinajstić information content (AvgIpc) is 3.34. The van der Waals surface area contributed by atoms with Crippen molar-refractivity contribution < 1.29 is 14.7 Å². The van der Waals surface area contributed by atoms with Gasteiger partial charge in [-0.15, -0.1) is 11.3 Å². The average molecular weight is 429 g/mol. The summed E-state index contributed by atoms with van der Waals surface area (Å²) < 4.78 is 0.716. The van der Waals surface area contributed by atoms with Crippen LogP contribution >= 0.6 is 23.1 Å². The summed E-state index contributed by atoms with van der Waals surface area (Å²) in [6, 6.07) is 10.2. The van der Waals surface area contributed by atoms with E-state index in [1.165, 1.54) is 28.5 Å². The lowest BCUT2D eigenvalue weighted by Gasteiger charge is -2.25. The highest BCUT2D eigenvalue weighted by Gasteiger charge is 2.30. The van der Waals surface area contributed by atoms with Crippen LogP contribution in [0.3, 0.4) is 0 Å². The minimum Gasteiger partial charge on any atom is -0.476 e. The van der Waals surface area contributed by atoms with Gasteiger partial charge < -0.3 is 15.3 Å². The first kappa shape index (κ1) is 19.7. The Bertz CT molecular complexity index is 1040. The molecular weight excluding hydrogens is 408 g/mol. The molecule has 1 fully saturated rings. The minimum atomic E-state index is -1.02. The number of pyridine rings is 1. The number of hydrogen-bond donors (Lipinski definition) is 2. The van der Waals surface area contributed by atoms with E-state index in [1.807, 2.05) is 29.2 Å². The van der Waals surface area contributed by atoms with Crippen LogP contribution in [0.4, 0.5) is 5.69 Å². The number of carbonyl (C=O) groups excluding carboxylic acids is 1. The number of rotatable bonds is 8. The van der Waals surface area contributed by atoms with Crippen molar-refractivity contribution in [2.24, 2.45) is 0 Å². The van der Waals surface area contributed by atoms with E-state index in [2.05, 4.69) is 21.4 Å². The van der Waals surface area contributed by atoms with Gasteiger partial charge in [-0.05, 0) is 30.7 Å². The number of carboxylic acids is 1. The molecule has 0 saturated carbocycles. The fraction of sp³-hybridized carbons (Fsp3) is 0.300. The number of benzene rings is 1. The smallest absolute Gasteiger partial charge is 0.355 e. The van der Waals surface area contributed by atoms with Crippen LogP contribution in [0.1, 0.15) is 23.3 Å². The molecule has 7 nitrogen and oxygen atoms in total. The quantitative estimate of drug-likeness (QED) is 0.530. The van der Waals surface area contributed by atoms with E-state index in [0.717, 1.165) is 23.0 Å². The van der Waals surface area contributed by atoms with Gasteiger partial charge in [-0.1, -0.05) is 17.8 Å². The van der Waals surface area contributed by atoms with E-state index in [-0.39, 0.29) is 17.6 Å². The Morgan fingerprint density at radius 3 is 3.10 bits per heavy atom. The number of carbonyl (C=O) groups is 2. The lowest BCUT2D eigenvalue weighted by Crippen LogP contribution is -2.39. The number of thiazole rings is 1. The molecule has 2 aromatic heterocycles. The Hall–Kier alpha value is -2.65. The van der Waals surface area contributed by atoms with Crippen LogP contribution in [0.15, 0.2) is 46.2 Å². The minimum absolute atomic E-state index is 0.0717. The third-order valence-corrected chi connectivity index (χ3v) is 6.86. The lowest BCUT2D eigenvalue weighted by atomic mass is 10.2. The van der Waals surface area contributed by atoms with Crippen molar-refractivity contribution in [3.63, 3.8) is 0 Å². The summed E-state index contributed by atoms with van der Waals surface area (Å²) in [6.45, 7) is 1.32. The van der Waals surface area contributed by atoms with Gasteiger partial charge in [-0.3, -0.25) is 9.78 Å². The number of aromatic carboxylic acids is 1. The van der Waals surface area contributed by atoms with E-state index in [4.69, 9.17) is 5.11 Å². The van der Waals surface area contributed by atoms with Crippen LogP contribution in [0.2, 0.25) is 0 Å². The fourth-order valence-electron chi connectivity index (χ4n) is 3.39. The standard InChI is InChI=1S/C20H20N4O3S2/c25-18-6-4-15(11-22-14-3-5-16-13(10-14)2-1-7-21-16)24(18)8-9-28-20-23-17(12-29-20)19(26)27/h1-3,5,7,10,12,15,22H,4,6,8-9,11H2,(H,26,27). The van der Waals surface area contributed by atoms with Gasteiger partial charge in [-0.2, -0.15) is 0 Å². The molecule has 1 amide bonds. The predicted octanol–water partition coefficient (Wildman–Crippen LogP) is 3.58. The van der Waals surface area contributed by atoms with Gasteiger partial charge >= 0.3 is 5.97 Å². The van der Waals surface area contributed by atoms with Crippen molar-refractivity contribution in [2.45, 2.75) is 23.2 Å². The highest BCUT2D eigenvalue weighted by Crippen LogP contribution is 2.25. The molecule has 3 aromatic rings. The van der Waals surface area contributed by atoms with E-state index in [1.54, 1.807) is 6.20 Å². The van der Waals surface area contributed by atoms with Gasteiger partial charge in [-0.25, -0.2) is 9.78 Å². The Morgan fingerprint density at radius 2 is 2.28 bits per heavy atom. The van der Waals surface area contributed by atoms with Gasteiger partial charge in [0.2, 0.25) is 5.91 Å². The molecule has 4 rings (SSSR count). The zero-order valence-corrected chi connectivity index (χ0v) is 17.2. The van der Waals surface area contributed by atoms with E-state index < -0.39 is 5.97 Å². The Morgan fingerprint density at radius 1 is 1.38 bits per heavy atom. The second kappa shape index (κ2) is 8.79. The number of thioether (sulfide) groups is 1. The fourth-order valence-corrected chi connectivity index (χ4v) is 5.20. The molecule has 3 heterocycles. The number of amides is 1. The van der Waals surface area contributed by atoms with Gasteiger partial charge in [0, 0.05) is 54.0 Å². The second-order valence-electron chi connectivity index (χ2n) is 6.72. The molecule has 0 radical (unpaired) electrons. The molecule has 29 heavy (non-hydrogen) atoms. The molecule has 1 atom stereocenters. The lowest BCUT2D eigenvalue weighted by molar-refractivity contribution is -0.128. The topological polar surface area (TPSA) is 95.4 Å². The Labute approximate surface area is 176 Å². The summed E-state index contributed by atoms with van der Waals surface area (Å²) in [5.41, 5.74) is 2.05. The maximum absolute atomic E-state index is 12.3. The van der Waals surface area contributed by atoms with Crippen LogP contribution in [-0.4, -0.2) is 56.7 Å². The molecule has 0 spiro atoms. The Kier molecular flexibility index (Phi) is 5.96. The summed E-state index contributed by atoms with van der Waals surface area (Å²) >= 11 is 2.81. The number of nitrogens with zero attached hydrogens (tertiary/aromatic N) is 3. The first-order valence-corrected chi connectivity index (χ1v) is 11.2. The molecule has 0 aliphatic carbocycles. The number of anilines is 1. The number of fused-ring (bicyclic) bond motifs is 1. The summed E-state index contributed by atoms with van der Waals surface area (Å²) in [4.78, 5) is 33.5. The molecule has 1 saturated heterocycles. The number of nitrogens with one attached hydrogen (secondary N) is 1. The second-order valence-corrected chi connectivity index (χ2v) is 8.92. The first-order chi connectivity index (χ1) is 14.1. The SMILES string of the molecule is O=C(O)c1csc(SCCN2C(=O)CCC2CNc2ccc3ncccc3c2)n1. The normalized spacial score (nSPS) is 16.5. The van der Waals surface area contributed by atoms with Gasteiger partial charge in [0.05, 0.1) is 5.52 Å². The maximum atomic E-state index is 12.3. The van der Waals surface area contributed by atoms with Gasteiger partial charge in [0.25, 0.3) is 0 Å². The van der Waals surface area contributed by atoms with Crippen LogP contribution < -0.4 is 5.32 Å². The summed E-state index contributed by atoms with van der Waals surface area (Å²) in [5.74, 6) is -0.153. The predicted molar refractivity (Wildman–Crippen MR) is 115 cm³/mol. The third kappa shape index (κ3) is 4.68. The molecule has 1 aliphatic rings. The number of carboxylic acid groups (broad SMARTS) is 1. The Balaban J connectivity index is 1.31. The van der Waals surface area contributed by atoms with E-state index >= 15 is 0 Å². The molecule has 9 heteroatoms. The molecule has 1 aromatic carbocycles. The van der Waals surface area contributed by atoms with Gasteiger partial charge in [0.15, 0.2) is 10.0 Å². The molecule has 150 valence electrons. The number of aromatic nitrogens is 2. The molecule has 0 bridgehead atoms. The monoisotopic (exact) mass is 428 g/mol. The van der Waals surface area contributed by atoms with Crippen molar-refractivity contribution >= 4 is 51.6 Å². The first-order valence-electron chi connectivity index (χ1n) is 9.30. The summed E-state index contributed by atoms with van der Waals surface area (Å²) in [5, 5.41) is 15.0. The molecule has 1 aliphatic heterocycles. The van der Waals surface area contributed by atoms with Crippen LogP contribution in [0.5, 0.6) is 0 Å². The van der Waals surface area contributed by atoms with E-state index in [9.17, 15) is 9.59 Å². The van der Waals surface area contributed by atoms with Crippen molar-refractivity contribution in [1.29, 1.82) is 0 Å². The van der Waals surface area contributed by atoms with Crippen molar-refractivity contribution in [3.8, 4) is 0 Å². The maximum Gasteiger partial charge on any atom is 0.355 e. The highest BCUT2D eigenvalue weighted by molar-refractivity contribution is 8.01. The summed E-state index contributed by atoms with van der Waals surface area (Å²) in [7, 11) is 0. The van der Waals surface area contributed by atoms with Crippen molar-refractivity contribution in [2.75, 3.05) is 24.2 Å². The molecule has 1 unspecified atom stereocenters. The largest absolute Gasteiger partial charge is 0.476 e. The zero-order valence-electron chi connectivity index (χ0n) is 15.6. The van der Waals surface area contributed by atoms with Crippen LogP contribution in [-0.2, 0) is 4.79 Å². The summed E-state index contributed by atoms with van der Waals surface area (Å²) in [6.07, 6.45) is 3.19. The number of hydrogen-bond acceptors (Lipinski definition) is 7. The van der Waals surface area contributed by atoms with Crippen LogP contribution in [0.25, 0.3) is 10.9 Å². The highest BCUT2D eigenvalue weighted by atomic mass is 32.2. The van der Waals surface area contributed by atoms with Crippen LogP contribution in [0, 0.1) is 0 Å². The zero-order chi connectivity index (χ0) is 20.2. The van der Waals surface area contributed by atoms with Gasteiger partial charge in [0.1, 0.15) is 0 Å². The van der Waals surface area contributed by atoms with Crippen molar-refractivity contribution in [3.05, 3.63) is 47.6 Å².